The van der Waals surface area contributed by atoms with Crippen LogP contribution in [0.4, 0.5) is 5.69 Å². The summed E-state index contributed by atoms with van der Waals surface area (Å²) in [5.41, 5.74) is 3.50. The predicted octanol–water partition coefficient (Wildman–Crippen LogP) is 2.35. The van der Waals surface area contributed by atoms with Crippen LogP contribution in [0, 0.1) is 0 Å². The molecular weight excluding hydrogens is 316 g/mol. The molecule has 0 fully saturated rings. The second kappa shape index (κ2) is 7.79. The molecule has 0 atom stereocenters. The van der Waals surface area contributed by atoms with Gasteiger partial charge in [-0.2, -0.15) is 0 Å². The second-order valence-electron chi connectivity index (χ2n) is 6.03. The first-order valence-electron chi connectivity index (χ1n) is 8.25. The van der Waals surface area contributed by atoms with E-state index in [9.17, 15) is 0 Å². The van der Waals surface area contributed by atoms with Crippen LogP contribution in [-0.2, 0) is 13.1 Å². The van der Waals surface area contributed by atoms with E-state index in [4.69, 9.17) is 9.47 Å². The van der Waals surface area contributed by atoms with Crippen molar-refractivity contribution in [3.63, 3.8) is 0 Å². The average molecular weight is 340 g/mol. The highest BCUT2D eigenvalue weighted by Gasteiger charge is 2.13. The molecule has 0 bridgehead atoms. The molecule has 1 heterocycles. The number of rotatable bonds is 5. The molecule has 2 aromatic carbocycles. The molecule has 2 N–H and O–H groups in total. The third-order valence-corrected chi connectivity index (χ3v) is 4.01. The molecule has 1 aliphatic heterocycles. The smallest absolute Gasteiger partial charge is 0.231 e. The van der Waals surface area contributed by atoms with Crippen LogP contribution in [0.2, 0.25) is 0 Å². The molecule has 0 unspecified atom stereocenters. The number of anilines is 1. The van der Waals surface area contributed by atoms with Gasteiger partial charge in [0, 0.05) is 39.9 Å². The Hall–Kier alpha value is -2.89. The predicted molar refractivity (Wildman–Crippen MR) is 100 cm³/mol. The van der Waals surface area contributed by atoms with E-state index in [1.165, 1.54) is 11.3 Å². The van der Waals surface area contributed by atoms with Gasteiger partial charge in [0.05, 0.1) is 0 Å². The lowest BCUT2D eigenvalue weighted by Crippen LogP contribution is -2.36. The molecule has 1 aliphatic rings. The fraction of sp³-hybridized carbons (Fsp3) is 0.316. The summed E-state index contributed by atoms with van der Waals surface area (Å²) in [6, 6.07) is 14.4. The molecule has 0 saturated heterocycles. The van der Waals surface area contributed by atoms with Gasteiger partial charge in [-0.05, 0) is 35.4 Å². The van der Waals surface area contributed by atoms with E-state index in [0.29, 0.717) is 19.9 Å². The minimum atomic E-state index is 0.293. The van der Waals surface area contributed by atoms with Gasteiger partial charge in [0.25, 0.3) is 0 Å². The molecule has 0 radical (unpaired) electrons. The quantitative estimate of drug-likeness (QED) is 0.646. The molecular formula is C19H24N4O2. The Morgan fingerprint density at radius 1 is 1.00 bits per heavy atom. The fourth-order valence-electron chi connectivity index (χ4n) is 2.59. The van der Waals surface area contributed by atoms with Gasteiger partial charge >= 0.3 is 0 Å². The topological polar surface area (TPSA) is 58.1 Å². The minimum absolute atomic E-state index is 0.293. The van der Waals surface area contributed by atoms with Gasteiger partial charge < -0.3 is 25.0 Å². The third kappa shape index (κ3) is 4.35. The highest BCUT2D eigenvalue weighted by molar-refractivity contribution is 5.79. The van der Waals surface area contributed by atoms with Gasteiger partial charge in [0.1, 0.15) is 0 Å². The molecule has 0 aliphatic carbocycles. The molecule has 25 heavy (non-hydrogen) atoms. The number of benzene rings is 2. The van der Waals surface area contributed by atoms with Gasteiger partial charge in [-0.1, -0.05) is 18.2 Å². The maximum atomic E-state index is 5.41. The van der Waals surface area contributed by atoms with Crippen LogP contribution in [0.25, 0.3) is 0 Å². The molecule has 3 rings (SSSR count). The lowest BCUT2D eigenvalue weighted by molar-refractivity contribution is 0.174. The summed E-state index contributed by atoms with van der Waals surface area (Å²) in [7, 11) is 5.85. The van der Waals surface area contributed by atoms with E-state index in [-0.39, 0.29) is 0 Å². The first-order valence-corrected chi connectivity index (χ1v) is 8.25. The van der Waals surface area contributed by atoms with Crippen molar-refractivity contribution >= 4 is 11.6 Å². The van der Waals surface area contributed by atoms with E-state index < -0.39 is 0 Å². The number of fused-ring (bicyclic) bond motifs is 1. The van der Waals surface area contributed by atoms with Gasteiger partial charge in [-0.25, -0.2) is 0 Å². The zero-order chi connectivity index (χ0) is 17.6. The average Bonchev–Trinajstić information content (AvgIpc) is 3.10. The van der Waals surface area contributed by atoms with Crippen LogP contribution in [0.5, 0.6) is 11.5 Å². The molecule has 0 aromatic heterocycles. The summed E-state index contributed by atoms with van der Waals surface area (Å²) >= 11 is 0. The lowest BCUT2D eigenvalue weighted by Gasteiger charge is -2.15. The molecule has 132 valence electrons. The Morgan fingerprint density at radius 3 is 2.44 bits per heavy atom. The Bertz CT molecular complexity index is 759. The Kier molecular flexibility index (Phi) is 5.28. The largest absolute Gasteiger partial charge is 0.454 e. The number of aliphatic imine (C=N–C) groups is 1. The summed E-state index contributed by atoms with van der Waals surface area (Å²) in [5.74, 6) is 2.35. The molecule has 6 heteroatoms. The monoisotopic (exact) mass is 340 g/mol. The Balaban J connectivity index is 1.54. The number of nitrogens with zero attached hydrogens (tertiary/aromatic N) is 2. The van der Waals surface area contributed by atoms with Crippen LogP contribution >= 0.6 is 0 Å². The molecule has 0 spiro atoms. The normalized spacial score (nSPS) is 12.8. The lowest BCUT2D eigenvalue weighted by atomic mass is 10.2. The summed E-state index contributed by atoms with van der Waals surface area (Å²) < 4.78 is 10.7. The van der Waals surface area contributed by atoms with Gasteiger partial charge in [-0.15, -0.1) is 0 Å². The number of guanidine groups is 1. The maximum absolute atomic E-state index is 5.41. The number of ether oxygens (including phenoxy) is 2. The molecule has 0 saturated carbocycles. The molecule has 0 amide bonds. The first kappa shape index (κ1) is 17.0. The van der Waals surface area contributed by atoms with Crippen LogP contribution in [0.3, 0.4) is 0 Å². The van der Waals surface area contributed by atoms with E-state index in [1.54, 1.807) is 7.05 Å². The van der Waals surface area contributed by atoms with Gasteiger partial charge in [0.15, 0.2) is 17.5 Å². The van der Waals surface area contributed by atoms with Crippen molar-refractivity contribution in [2.75, 3.05) is 32.8 Å². The number of hydrogen-bond donors (Lipinski definition) is 2. The van der Waals surface area contributed by atoms with Crippen LogP contribution < -0.4 is 25.0 Å². The maximum Gasteiger partial charge on any atom is 0.231 e. The van der Waals surface area contributed by atoms with Crippen molar-refractivity contribution in [2.24, 2.45) is 4.99 Å². The van der Waals surface area contributed by atoms with Crippen LogP contribution in [0.1, 0.15) is 11.1 Å². The van der Waals surface area contributed by atoms with E-state index in [1.807, 2.05) is 32.3 Å². The van der Waals surface area contributed by atoms with Crippen molar-refractivity contribution in [3.8, 4) is 11.5 Å². The summed E-state index contributed by atoms with van der Waals surface area (Å²) in [5, 5.41) is 6.66. The summed E-state index contributed by atoms with van der Waals surface area (Å²) in [4.78, 5) is 6.37. The van der Waals surface area contributed by atoms with Crippen molar-refractivity contribution in [1.82, 2.24) is 10.6 Å². The Morgan fingerprint density at radius 2 is 1.72 bits per heavy atom. The summed E-state index contributed by atoms with van der Waals surface area (Å²) in [6.45, 7) is 1.66. The second-order valence-corrected chi connectivity index (χ2v) is 6.03. The Labute approximate surface area is 148 Å². The van der Waals surface area contributed by atoms with Crippen molar-refractivity contribution in [1.29, 1.82) is 0 Å². The third-order valence-electron chi connectivity index (χ3n) is 4.01. The molecule has 6 nitrogen and oxygen atoms in total. The number of hydrogen-bond acceptors (Lipinski definition) is 4. The van der Waals surface area contributed by atoms with E-state index in [0.717, 1.165) is 23.0 Å². The SMILES string of the molecule is CN=C(NCc1cccc(N(C)C)c1)NCc1ccc2c(c1)OCO2. The highest BCUT2D eigenvalue weighted by atomic mass is 16.7. The zero-order valence-electron chi connectivity index (χ0n) is 14.9. The van der Waals surface area contributed by atoms with Crippen molar-refractivity contribution in [3.05, 3.63) is 53.6 Å². The van der Waals surface area contributed by atoms with Crippen molar-refractivity contribution < 1.29 is 9.47 Å². The summed E-state index contributed by atoms with van der Waals surface area (Å²) in [6.07, 6.45) is 0. The standard InChI is InChI=1S/C19H24N4O2/c1-20-19(21-11-14-5-4-6-16(9-14)23(2)3)22-12-15-7-8-17-18(10-15)25-13-24-17/h4-10H,11-13H2,1-3H3,(H2,20,21,22). The van der Waals surface area contributed by atoms with E-state index >= 15 is 0 Å². The van der Waals surface area contributed by atoms with Crippen LogP contribution in [0.15, 0.2) is 47.5 Å². The molecule has 2 aromatic rings. The fourth-order valence-corrected chi connectivity index (χ4v) is 2.59. The van der Waals surface area contributed by atoms with Gasteiger partial charge in [0.2, 0.25) is 6.79 Å². The first-order chi connectivity index (χ1) is 12.2. The zero-order valence-corrected chi connectivity index (χ0v) is 14.9. The van der Waals surface area contributed by atoms with Crippen molar-refractivity contribution in [2.45, 2.75) is 13.1 Å². The van der Waals surface area contributed by atoms with Crippen LogP contribution in [-0.4, -0.2) is 33.9 Å². The minimum Gasteiger partial charge on any atom is -0.454 e. The van der Waals surface area contributed by atoms with Gasteiger partial charge in [-0.3, -0.25) is 4.99 Å². The number of nitrogens with one attached hydrogen (secondary N) is 2. The highest BCUT2D eigenvalue weighted by Crippen LogP contribution is 2.32. The van der Waals surface area contributed by atoms with E-state index in [2.05, 4.69) is 44.8 Å².